The predicted molar refractivity (Wildman–Crippen MR) is 72.8 cm³/mol. The third kappa shape index (κ3) is 5.06. The van der Waals surface area contributed by atoms with Gasteiger partial charge in [0.15, 0.2) is 0 Å². The molecule has 1 unspecified atom stereocenters. The lowest BCUT2D eigenvalue weighted by molar-refractivity contribution is -0.122. The van der Waals surface area contributed by atoms with Crippen LogP contribution in [0.15, 0.2) is 29.2 Å². The summed E-state index contributed by atoms with van der Waals surface area (Å²) in [5.41, 5.74) is 10.0. The minimum Gasteiger partial charge on any atom is -0.368 e. The molecule has 3 nitrogen and oxygen atoms in total. The second kappa shape index (κ2) is 6.75. The molecule has 1 rings (SSSR count). The van der Waals surface area contributed by atoms with Crippen LogP contribution in [0.2, 0.25) is 0 Å². The van der Waals surface area contributed by atoms with Crippen LogP contribution < -0.4 is 11.5 Å². The van der Waals surface area contributed by atoms with E-state index in [2.05, 4.69) is 0 Å². The third-order valence-electron chi connectivity index (χ3n) is 2.74. The van der Waals surface area contributed by atoms with Crippen LogP contribution in [-0.2, 0) is 4.79 Å². The van der Waals surface area contributed by atoms with Crippen molar-refractivity contribution < 1.29 is 9.18 Å². The summed E-state index contributed by atoms with van der Waals surface area (Å²) in [7, 11) is 0. The number of carbonyl (C=O) groups is 1. The van der Waals surface area contributed by atoms with Crippen LogP contribution in [0.1, 0.15) is 26.2 Å². The number of hydrogen-bond donors (Lipinski definition) is 2. The highest BCUT2D eigenvalue weighted by Gasteiger charge is 2.24. The van der Waals surface area contributed by atoms with Gasteiger partial charge in [0.25, 0.3) is 0 Å². The summed E-state index contributed by atoms with van der Waals surface area (Å²) in [6.45, 7) is 1.66. The van der Waals surface area contributed by atoms with Gasteiger partial charge >= 0.3 is 0 Å². The predicted octanol–water partition coefficient (Wildman–Crippen LogP) is 2.29. The second-order valence-electron chi connectivity index (χ2n) is 4.54. The summed E-state index contributed by atoms with van der Waals surface area (Å²) >= 11 is 1.66. The van der Waals surface area contributed by atoms with Gasteiger partial charge in [-0.1, -0.05) is 6.42 Å². The Morgan fingerprint density at radius 2 is 1.94 bits per heavy atom. The Hall–Kier alpha value is -1.07. The van der Waals surface area contributed by atoms with E-state index in [1.807, 2.05) is 0 Å². The number of rotatable bonds is 7. The van der Waals surface area contributed by atoms with E-state index in [9.17, 15) is 9.18 Å². The van der Waals surface area contributed by atoms with Crippen LogP contribution in [-0.4, -0.2) is 17.2 Å². The molecule has 4 N–H and O–H groups in total. The maximum Gasteiger partial charge on any atom is 0.237 e. The zero-order valence-electron chi connectivity index (χ0n) is 10.5. The molecule has 1 atom stereocenters. The van der Waals surface area contributed by atoms with Gasteiger partial charge in [-0.05, 0) is 49.8 Å². The van der Waals surface area contributed by atoms with Crippen molar-refractivity contribution in [2.24, 2.45) is 11.5 Å². The topological polar surface area (TPSA) is 69.1 Å². The number of benzene rings is 1. The summed E-state index contributed by atoms with van der Waals surface area (Å²) in [4.78, 5) is 12.0. The van der Waals surface area contributed by atoms with Crippen molar-refractivity contribution in [2.45, 2.75) is 36.6 Å². The summed E-state index contributed by atoms with van der Waals surface area (Å²) < 4.78 is 12.7. The molecule has 0 bridgehead atoms. The van der Waals surface area contributed by atoms with E-state index >= 15 is 0 Å². The van der Waals surface area contributed by atoms with Crippen molar-refractivity contribution in [3.63, 3.8) is 0 Å². The average molecular weight is 270 g/mol. The van der Waals surface area contributed by atoms with E-state index in [0.717, 1.165) is 23.5 Å². The van der Waals surface area contributed by atoms with Gasteiger partial charge in [0.2, 0.25) is 5.91 Å². The van der Waals surface area contributed by atoms with Crippen molar-refractivity contribution in [1.82, 2.24) is 0 Å². The first-order valence-corrected chi connectivity index (χ1v) is 6.87. The summed E-state index contributed by atoms with van der Waals surface area (Å²) in [5, 5.41) is 0. The maximum atomic E-state index is 12.7. The van der Waals surface area contributed by atoms with Gasteiger partial charge in [0.1, 0.15) is 5.82 Å². The quantitative estimate of drug-likeness (QED) is 0.590. The van der Waals surface area contributed by atoms with Crippen molar-refractivity contribution >= 4 is 17.7 Å². The van der Waals surface area contributed by atoms with Crippen LogP contribution in [0.3, 0.4) is 0 Å². The Balaban J connectivity index is 2.20. The van der Waals surface area contributed by atoms with Crippen molar-refractivity contribution in [1.29, 1.82) is 0 Å². The molecule has 0 saturated carbocycles. The van der Waals surface area contributed by atoms with Crippen molar-refractivity contribution in [3.8, 4) is 0 Å². The molecule has 0 aliphatic rings. The zero-order valence-corrected chi connectivity index (χ0v) is 11.3. The molecule has 0 fully saturated rings. The zero-order chi connectivity index (χ0) is 13.6. The standard InChI is InChI=1S/C13H19FN2OS/c1-13(16,12(15)17)8-2-3-9-18-11-6-4-10(14)5-7-11/h4-7H,2-3,8-9,16H2,1H3,(H2,15,17). The highest BCUT2D eigenvalue weighted by molar-refractivity contribution is 7.99. The van der Waals surface area contributed by atoms with Gasteiger partial charge in [0.05, 0.1) is 5.54 Å². The number of unbranched alkanes of at least 4 members (excludes halogenated alkanes) is 1. The van der Waals surface area contributed by atoms with E-state index in [-0.39, 0.29) is 5.82 Å². The second-order valence-corrected chi connectivity index (χ2v) is 5.71. The SMILES string of the molecule is CC(N)(CCCCSc1ccc(F)cc1)C(N)=O. The maximum absolute atomic E-state index is 12.7. The minimum absolute atomic E-state index is 0.222. The van der Waals surface area contributed by atoms with E-state index in [0.29, 0.717) is 6.42 Å². The van der Waals surface area contributed by atoms with Gasteiger partial charge < -0.3 is 11.5 Å². The Kier molecular flexibility index (Phi) is 5.62. The monoisotopic (exact) mass is 270 g/mol. The number of thioether (sulfide) groups is 1. The van der Waals surface area contributed by atoms with E-state index in [1.165, 1.54) is 12.1 Å². The molecule has 0 saturated heterocycles. The molecule has 0 aliphatic carbocycles. The van der Waals surface area contributed by atoms with E-state index in [1.54, 1.807) is 30.8 Å². The molecule has 0 heterocycles. The molecule has 0 spiro atoms. The first-order valence-electron chi connectivity index (χ1n) is 5.89. The lowest BCUT2D eigenvalue weighted by Crippen LogP contribution is -2.49. The molecule has 18 heavy (non-hydrogen) atoms. The van der Waals surface area contributed by atoms with Crippen LogP contribution in [0.4, 0.5) is 4.39 Å². The number of hydrogen-bond acceptors (Lipinski definition) is 3. The van der Waals surface area contributed by atoms with Crippen LogP contribution >= 0.6 is 11.8 Å². The lowest BCUT2D eigenvalue weighted by atomic mass is 9.96. The molecule has 100 valence electrons. The molecule has 1 aromatic rings. The van der Waals surface area contributed by atoms with Gasteiger partial charge in [0, 0.05) is 4.90 Å². The first-order chi connectivity index (χ1) is 8.42. The Morgan fingerprint density at radius 3 is 2.50 bits per heavy atom. The van der Waals surface area contributed by atoms with Crippen molar-refractivity contribution in [3.05, 3.63) is 30.1 Å². The first kappa shape index (κ1) is 15.0. The highest BCUT2D eigenvalue weighted by atomic mass is 32.2. The molecule has 0 aromatic heterocycles. The highest BCUT2D eigenvalue weighted by Crippen LogP contribution is 2.20. The van der Waals surface area contributed by atoms with Gasteiger partial charge in [-0.3, -0.25) is 4.79 Å². The number of primary amides is 1. The molecular weight excluding hydrogens is 251 g/mol. The largest absolute Gasteiger partial charge is 0.368 e. The Morgan fingerprint density at radius 1 is 1.33 bits per heavy atom. The molecule has 0 aliphatic heterocycles. The number of amides is 1. The Labute approximate surface area is 111 Å². The molecule has 0 radical (unpaired) electrons. The fourth-order valence-corrected chi connectivity index (χ4v) is 2.35. The van der Waals surface area contributed by atoms with Gasteiger partial charge in [-0.2, -0.15) is 0 Å². The normalized spacial score (nSPS) is 14.2. The Bertz CT molecular complexity index is 392. The molecule has 1 amide bonds. The van der Waals surface area contributed by atoms with E-state index < -0.39 is 11.4 Å². The number of nitrogens with two attached hydrogens (primary N) is 2. The summed E-state index contributed by atoms with van der Waals surface area (Å²) in [6, 6.07) is 6.42. The van der Waals surface area contributed by atoms with Gasteiger partial charge in [-0.15, -0.1) is 11.8 Å². The average Bonchev–Trinajstić information content (AvgIpc) is 2.31. The van der Waals surface area contributed by atoms with Crippen molar-refractivity contribution in [2.75, 3.05) is 5.75 Å². The fraction of sp³-hybridized carbons (Fsp3) is 0.462. The minimum atomic E-state index is -0.916. The third-order valence-corrected chi connectivity index (χ3v) is 3.83. The molecule has 5 heteroatoms. The van der Waals surface area contributed by atoms with Crippen LogP contribution in [0.25, 0.3) is 0 Å². The summed E-state index contributed by atoms with van der Waals surface area (Å²) in [5.74, 6) is 0.230. The fourth-order valence-electron chi connectivity index (χ4n) is 1.44. The van der Waals surface area contributed by atoms with E-state index in [4.69, 9.17) is 11.5 Å². The van der Waals surface area contributed by atoms with Crippen LogP contribution in [0, 0.1) is 5.82 Å². The smallest absolute Gasteiger partial charge is 0.237 e. The van der Waals surface area contributed by atoms with Gasteiger partial charge in [-0.25, -0.2) is 4.39 Å². The number of halogens is 1. The molecule has 1 aromatic carbocycles. The summed E-state index contributed by atoms with van der Waals surface area (Å²) in [6.07, 6.45) is 2.39. The van der Waals surface area contributed by atoms with Crippen LogP contribution in [0.5, 0.6) is 0 Å². The number of carbonyl (C=O) groups excluding carboxylic acids is 1. The lowest BCUT2D eigenvalue weighted by Gasteiger charge is -2.19. The molecular formula is C13H19FN2OS.